The lowest BCUT2D eigenvalue weighted by Crippen LogP contribution is -2.39. The van der Waals surface area contributed by atoms with Crippen LogP contribution in [0.2, 0.25) is 0 Å². The first-order valence-corrected chi connectivity index (χ1v) is 9.00. The van der Waals surface area contributed by atoms with Crippen LogP contribution in [0.25, 0.3) is 0 Å². The molecule has 2 aliphatic heterocycles. The number of hydrogen-bond donors (Lipinski definition) is 1. The van der Waals surface area contributed by atoms with E-state index in [4.69, 9.17) is 4.74 Å². The normalized spacial score (nSPS) is 21.5. The van der Waals surface area contributed by atoms with Gasteiger partial charge in [-0.15, -0.1) is 0 Å². The maximum atomic E-state index is 11.9. The highest BCUT2D eigenvalue weighted by Crippen LogP contribution is 2.30. The first-order chi connectivity index (χ1) is 11.6. The number of nitrogens with one attached hydrogen (secondary N) is 1. The van der Waals surface area contributed by atoms with Crippen LogP contribution < -0.4 is 15.0 Å². The van der Waals surface area contributed by atoms with Crippen LogP contribution in [0, 0.1) is 0 Å². The van der Waals surface area contributed by atoms with Gasteiger partial charge >= 0.3 is 0 Å². The summed E-state index contributed by atoms with van der Waals surface area (Å²) >= 11 is 0. The summed E-state index contributed by atoms with van der Waals surface area (Å²) in [5.74, 6) is 1.92. The van der Waals surface area contributed by atoms with Crippen molar-refractivity contribution in [2.24, 2.45) is 0 Å². The molecule has 1 aromatic rings. The minimum absolute atomic E-state index is 0.0878. The molecule has 1 aromatic heterocycles. The second kappa shape index (κ2) is 7.83. The van der Waals surface area contributed by atoms with E-state index in [0.29, 0.717) is 6.54 Å². The lowest BCUT2D eigenvalue weighted by molar-refractivity contribution is -0.122. The maximum absolute atomic E-state index is 11.9. The molecule has 0 aromatic carbocycles. The van der Waals surface area contributed by atoms with Crippen molar-refractivity contribution in [3.8, 4) is 5.75 Å². The van der Waals surface area contributed by atoms with E-state index in [-0.39, 0.29) is 18.1 Å². The monoisotopic (exact) mass is 332 g/mol. The van der Waals surface area contributed by atoms with Gasteiger partial charge in [0.05, 0.1) is 6.54 Å². The molecule has 1 atom stereocenters. The van der Waals surface area contributed by atoms with Crippen molar-refractivity contribution in [1.82, 2.24) is 15.2 Å². The Morgan fingerprint density at radius 2 is 2.17 bits per heavy atom. The summed E-state index contributed by atoms with van der Waals surface area (Å²) in [6, 6.07) is 4.12. The Morgan fingerprint density at radius 1 is 1.38 bits per heavy atom. The number of anilines is 1. The summed E-state index contributed by atoms with van der Waals surface area (Å²) < 4.78 is 6.23. The smallest absolute Gasteiger partial charge is 0.234 e. The summed E-state index contributed by atoms with van der Waals surface area (Å²) in [4.78, 5) is 20.9. The predicted molar refractivity (Wildman–Crippen MR) is 94.4 cm³/mol. The highest BCUT2D eigenvalue weighted by molar-refractivity contribution is 5.78. The largest absolute Gasteiger partial charge is 0.485 e. The molecule has 6 heteroatoms. The lowest BCUT2D eigenvalue weighted by Gasteiger charge is -2.22. The zero-order valence-electron chi connectivity index (χ0n) is 14.7. The van der Waals surface area contributed by atoms with Crippen molar-refractivity contribution in [2.75, 3.05) is 37.6 Å². The number of amides is 1. The quantitative estimate of drug-likeness (QED) is 0.858. The number of carbonyl (C=O) groups is 1. The van der Waals surface area contributed by atoms with Gasteiger partial charge in [0, 0.05) is 38.4 Å². The fourth-order valence-electron chi connectivity index (χ4n) is 3.43. The molecule has 0 spiro atoms. The minimum Gasteiger partial charge on any atom is -0.485 e. The van der Waals surface area contributed by atoms with Crippen molar-refractivity contribution in [3.63, 3.8) is 0 Å². The van der Waals surface area contributed by atoms with Gasteiger partial charge in [-0.25, -0.2) is 4.98 Å². The van der Waals surface area contributed by atoms with Crippen LogP contribution in [0.1, 0.15) is 33.1 Å². The Bertz CT molecular complexity index is 558. The third-order valence-corrected chi connectivity index (χ3v) is 4.50. The summed E-state index contributed by atoms with van der Waals surface area (Å²) in [5.41, 5.74) is 0. The Hall–Kier alpha value is -1.82. The summed E-state index contributed by atoms with van der Waals surface area (Å²) in [7, 11) is 0. The molecule has 2 aliphatic rings. The van der Waals surface area contributed by atoms with Gasteiger partial charge in [0.1, 0.15) is 6.10 Å². The Morgan fingerprint density at radius 3 is 2.92 bits per heavy atom. The zero-order valence-corrected chi connectivity index (χ0v) is 14.7. The molecule has 3 rings (SSSR count). The topological polar surface area (TPSA) is 57.7 Å². The molecule has 2 saturated heterocycles. The van der Waals surface area contributed by atoms with Gasteiger partial charge in [-0.1, -0.05) is 0 Å². The van der Waals surface area contributed by atoms with E-state index in [0.717, 1.165) is 44.2 Å². The van der Waals surface area contributed by atoms with Crippen LogP contribution in [0.5, 0.6) is 5.75 Å². The Kier molecular flexibility index (Phi) is 5.56. The highest BCUT2D eigenvalue weighted by Gasteiger charge is 2.27. The van der Waals surface area contributed by atoms with Crippen molar-refractivity contribution >= 4 is 11.7 Å². The molecular formula is C18H28N4O2. The average Bonchev–Trinajstić information content (AvgIpc) is 3.19. The molecule has 0 saturated carbocycles. The van der Waals surface area contributed by atoms with Gasteiger partial charge in [-0.2, -0.15) is 0 Å². The number of hydrogen-bond acceptors (Lipinski definition) is 5. The molecule has 6 nitrogen and oxygen atoms in total. The molecular weight excluding hydrogens is 304 g/mol. The van der Waals surface area contributed by atoms with Crippen LogP contribution in [0.3, 0.4) is 0 Å². The van der Waals surface area contributed by atoms with Crippen LogP contribution in [-0.4, -0.2) is 60.7 Å². The molecule has 3 heterocycles. The van der Waals surface area contributed by atoms with Crippen molar-refractivity contribution in [1.29, 1.82) is 0 Å². The maximum Gasteiger partial charge on any atom is 0.234 e. The van der Waals surface area contributed by atoms with E-state index < -0.39 is 0 Å². The number of likely N-dealkylation sites (tertiary alicyclic amines) is 1. The number of aromatic nitrogens is 1. The minimum atomic E-state index is 0.0878. The van der Waals surface area contributed by atoms with Gasteiger partial charge in [0.15, 0.2) is 11.6 Å². The Balaban J connectivity index is 1.55. The first kappa shape index (κ1) is 17.0. The van der Waals surface area contributed by atoms with E-state index in [9.17, 15) is 4.79 Å². The lowest BCUT2D eigenvalue weighted by atomic mass is 10.3. The zero-order chi connectivity index (χ0) is 16.9. The number of rotatable bonds is 6. The van der Waals surface area contributed by atoms with Crippen LogP contribution >= 0.6 is 0 Å². The van der Waals surface area contributed by atoms with Crippen molar-refractivity contribution in [2.45, 2.75) is 45.3 Å². The molecule has 2 fully saturated rings. The third-order valence-electron chi connectivity index (χ3n) is 4.50. The van der Waals surface area contributed by atoms with Gasteiger partial charge in [-0.05, 0) is 45.2 Å². The second-order valence-electron chi connectivity index (χ2n) is 7.01. The molecule has 0 radical (unpaired) electrons. The molecule has 1 N–H and O–H groups in total. The highest BCUT2D eigenvalue weighted by atomic mass is 16.5. The molecule has 1 amide bonds. The van der Waals surface area contributed by atoms with Crippen LogP contribution in [-0.2, 0) is 4.79 Å². The summed E-state index contributed by atoms with van der Waals surface area (Å²) in [6.07, 6.45) is 5.35. The molecule has 24 heavy (non-hydrogen) atoms. The Labute approximate surface area is 144 Å². The number of nitrogens with zero attached hydrogens (tertiary/aromatic N) is 3. The number of ether oxygens (including phenoxy) is 1. The van der Waals surface area contributed by atoms with Gasteiger partial charge in [0.25, 0.3) is 0 Å². The SMILES string of the molecule is CC(C)NC(=O)CN1CC[C@@H](Oc2cccnc2N2CCCC2)C1. The summed E-state index contributed by atoms with van der Waals surface area (Å²) in [6.45, 7) is 8.21. The molecule has 132 valence electrons. The average molecular weight is 332 g/mol. The van der Waals surface area contributed by atoms with E-state index in [1.54, 1.807) is 0 Å². The number of carbonyl (C=O) groups excluding carboxylic acids is 1. The fourth-order valence-corrected chi connectivity index (χ4v) is 3.43. The van der Waals surface area contributed by atoms with Gasteiger partial charge in [-0.3, -0.25) is 9.69 Å². The fraction of sp³-hybridized carbons (Fsp3) is 0.667. The van der Waals surface area contributed by atoms with E-state index in [1.807, 2.05) is 32.2 Å². The van der Waals surface area contributed by atoms with E-state index in [1.165, 1.54) is 12.8 Å². The van der Waals surface area contributed by atoms with E-state index >= 15 is 0 Å². The molecule has 0 bridgehead atoms. The molecule has 0 aliphatic carbocycles. The van der Waals surface area contributed by atoms with Crippen molar-refractivity contribution < 1.29 is 9.53 Å². The first-order valence-electron chi connectivity index (χ1n) is 9.00. The second-order valence-corrected chi connectivity index (χ2v) is 7.01. The van der Waals surface area contributed by atoms with Crippen molar-refractivity contribution in [3.05, 3.63) is 18.3 Å². The van der Waals surface area contributed by atoms with E-state index in [2.05, 4.69) is 20.1 Å². The van der Waals surface area contributed by atoms with Gasteiger partial charge < -0.3 is 15.0 Å². The summed E-state index contributed by atoms with van der Waals surface area (Å²) in [5, 5.41) is 2.94. The predicted octanol–water partition coefficient (Wildman–Crippen LogP) is 1.66. The van der Waals surface area contributed by atoms with Crippen LogP contribution in [0.15, 0.2) is 18.3 Å². The number of pyridine rings is 1. The van der Waals surface area contributed by atoms with Gasteiger partial charge in [0.2, 0.25) is 5.91 Å². The van der Waals surface area contributed by atoms with Crippen LogP contribution in [0.4, 0.5) is 5.82 Å². The standard InChI is InChI=1S/C18H28N4O2/c1-14(2)20-17(23)13-21-11-7-15(12-21)24-16-6-5-8-19-18(16)22-9-3-4-10-22/h5-6,8,14-15H,3-4,7,9-13H2,1-2H3,(H,20,23)/t15-/m1/s1. The molecule has 0 unspecified atom stereocenters. The third kappa shape index (κ3) is 4.38.